The smallest absolute Gasteiger partial charge is 0.326 e. The van der Waals surface area contributed by atoms with Crippen molar-refractivity contribution in [3.8, 4) is 0 Å². The molecule has 19 heavy (non-hydrogen) atoms. The molecule has 0 rings (SSSR count). The van der Waals surface area contributed by atoms with Crippen LogP contribution in [-0.2, 0) is 14.3 Å². The van der Waals surface area contributed by atoms with E-state index in [4.69, 9.17) is 5.11 Å². The number of esters is 1. The third-order valence-electron chi connectivity index (χ3n) is 2.22. The summed E-state index contributed by atoms with van der Waals surface area (Å²) in [5, 5.41) is 10.9. The highest BCUT2D eigenvalue weighted by atomic mass is 19.3. The van der Waals surface area contributed by atoms with Crippen LogP contribution in [0.1, 0.15) is 12.8 Å². The Hall–Kier alpha value is -1.93. The third-order valence-corrected chi connectivity index (χ3v) is 2.22. The molecule has 2 N–H and O–H groups in total. The van der Waals surface area contributed by atoms with Crippen molar-refractivity contribution in [2.24, 2.45) is 0 Å². The number of hydrogen-bond acceptors (Lipinski definition) is 4. The van der Waals surface area contributed by atoms with E-state index in [2.05, 4.69) is 4.74 Å². The van der Waals surface area contributed by atoms with Gasteiger partial charge in [-0.15, -0.1) is 0 Å². The molecular formula is C10H16F2N2O5. The molecule has 0 saturated carbocycles. The number of urea groups is 1. The molecule has 0 saturated heterocycles. The van der Waals surface area contributed by atoms with Gasteiger partial charge in [0.25, 0.3) is 6.43 Å². The van der Waals surface area contributed by atoms with Gasteiger partial charge in [-0.1, -0.05) is 0 Å². The molecule has 0 radical (unpaired) electrons. The van der Waals surface area contributed by atoms with E-state index in [1.165, 1.54) is 0 Å². The fraction of sp³-hybridized carbons (Fsp3) is 0.700. The normalized spacial score (nSPS) is 11.8. The summed E-state index contributed by atoms with van der Waals surface area (Å²) in [7, 11) is 2.26. The predicted octanol–water partition coefficient (Wildman–Crippen LogP) is 0.299. The van der Waals surface area contributed by atoms with Gasteiger partial charge < -0.3 is 20.1 Å². The molecule has 9 heteroatoms. The van der Waals surface area contributed by atoms with Crippen molar-refractivity contribution >= 4 is 18.0 Å². The van der Waals surface area contributed by atoms with Crippen molar-refractivity contribution in [1.29, 1.82) is 0 Å². The fourth-order valence-electron chi connectivity index (χ4n) is 1.17. The minimum Gasteiger partial charge on any atom is -0.480 e. The first kappa shape index (κ1) is 17.1. The van der Waals surface area contributed by atoms with E-state index in [0.717, 1.165) is 14.2 Å². The minimum absolute atomic E-state index is 0.184. The van der Waals surface area contributed by atoms with Crippen LogP contribution in [0.15, 0.2) is 0 Å². The summed E-state index contributed by atoms with van der Waals surface area (Å²) in [4.78, 5) is 33.8. The molecule has 0 aromatic rings. The number of carbonyl (C=O) groups excluding carboxylic acids is 2. The van der Waals surface area contributed by atoms with Gasteiger partial charge in [0.1, 0.15) is 6.04 Å². The van der Waals surface area contributed by atoms with Crippen molar-refractivity contribution in [2.75, 3.05) is 20.7 Å². The summed E-state index contributed by atoms with van der Waals surface area (Å²) >= 11 is 0. The molecular weight excluding hydrogens is 266 g/mol. The first-order valence-corrected chi connectivity index (χ1v) is 5.37. The highest BCUT2D eigenvalue weighted by molar-refractivity contribution is 5.83. The Morgan fingerprint density at radius 2 is 1.95 bits per heavy atom. The SMILES string of the molecule is COC(=O)CC[C@@H](NC(=O)N(C)CC(F)F)C(=O)O. The van der Waals surface area contributed by atoms with Gasteiger partial charge >= 0.3 is 18.0 Å². The highest BCUT2D eigenvalue weighted by Gasteiger charge is 2.23. The number of aliphatic carboxylic acids is 1. The largest absolute Gasteiger partial charge is 0.480 e. The van der Waals surface area contributed by atoms with Crippen LogP contribution in [0.5, 0.6) is 0 Å². The van der Waals surface area contributed by atoms with E-state index >= 15 is 0 Å². The Balaban J connectivity index is 4.37. The van der Waals surface area contributed by atoms with E-state index in [9.17, 15) is 23.2 Å². The molecule has 7 nitrogen and oxygen atoms in total. The number of rotatable bonds is 7. The van der Waals surface area contributed by atoms with Crippen molar-refractivity contribution in [2.45, 2.75) is 25.3 Å². The van der Waals surface area contributed by atoms with Crippen molar-refractivity contribution in [3.05, 3.63) is 0 Å². The quantitative estimate of drug-likeness (QED) is 0.655. The van der Waals surface area contributed by atoms with Gasteiger partial charge in [-0.05, 0) is 6.42 Å². The van der Waals surface area contributed by atoms with Crippen LogP contribution in [-0.4, -0.2) is 61.1 Å². The fourth-order valence-corrected chi connectivity index (χ4v) is 1.17. The number of hydrogen-bond donors (Lipinski definition) is 2. The number of ether oxygens (including phenoxy) is 1. The number of nitrogens with zero attached hydrogens (tertiary/aromatic N) is 1. The van der Waals surface area contributed by atoms with Crippen molar-refractivity contribution in [3.63, 3.8) is 0 Å². The molecule has 0 aliphatic rings. The molecule has 0 spiro atoms. The number of carboxylic acids is 1. The van der Waals surface area contributed by atoms with E-state index in [1.807, 2.05) is 5.32 Å². The average Bonchev–Trinajstić information content (AvgIpc) is 2.32. The monoisotopic (exact) mass is 282 g/mol. The topological polar surface area (TPSA) is 95.9 Å². The number of methoxy groups -OCH3 is 1. The predicted molar refractivity (Wildman–Crippen MR) is 59.8 cm³/mol. The summed E-state index contributed by atoms with van der Waals surface area (Å²) in [6.45, 7) is -0.810. The Morgan fingerprint density at radius 3 is 2.37 bits per heavy atom. The van der Waals surface area contributed by atoms with Crippen molar-refractivity contribution < 1.29 is 33.0 Å². The first-order valence-electron chi connectivity index (χ1n) is 5.37. The molecule has 0 bridgehead atoms. The number of halogens is 2. The second kappa shape index (κ2) is 8.22. The highest BCUT2D eigenvalue weighted by Crippen LogP contribution is 2.02. The third kappa shape index (κ3) is 7.17. The molecule has 0 aromatic heterocycles. The van der Waals surface area contributed by atoms with Gasteiger partial charge in [0.15, 0.2) is 0 Å². The lowest BCUT2D eigenvalue weighted by molar-refractivity contribution is -0.142. The molecule has 0 unspecified atom stereocenters. The molecule has 0 aromatic carbocycles. The van der Waals surface area contributed by atoms with Crippen LogP contribution in [0.4, 0.5) is 13.6 Å². The summed E-state index contributed by atoms with van der Waals surface area (Å²) in [6, 6.07) is -2.29. The first-order chi connectivity index (χ1) is 8.77. The zero-order valence-corrected chi connectivity index (χ0v) is 10.6. The Morgan fingerprint density at radius 1 is 1.37 bits per heavy atom. The standard InChI is InChI=1S/C10H16F2N2O5/c1-14(5-7(11)12)10(18)13-6(9(16)17)3-4-8(15)19-2/h6-7H,3-5H2,1-2H3,(H,13,18)(H,16,17)/t6-/m1/s1. The summed E-state index contributed by atoms with van der Waals surface area (Å²) in [5.74, 6) is -1.98. The summed E-state index contributed by atoms with van der Waals surface area (Å²) in [5.41, 5.74) is 0. The zero-order chi connectivity index (χ0) is 15.0. The number of alkyl halides is 2. The van der Waals surface area contributed by atoms with Gasteiger partial charge in [0, 0.05) is 13.5 Å². The molecule has 0 heterocycles. The number of nitrogens with one attached hydrogen (secondary N) is 1. The molecule has 0 aliphatic heterocycles. The lowest BCUT2D eigenvalue weighted by Gasteiger charge is -2.20. The Bertz CT molecular complexity index is 338. The molecule has 0 aliphatic carbocycles. The lowest BCUT2D eigenvalue weighted by atomic mass is 10.1. The maximum Gasteiger partial charge on any atom is 0.326 e. The average molecular weight is 282 g/mol. The van der Waals surface area contributed by atoms with Crippen LogP contribution in [0, 0.1) is 0 Å². The molecule has 1 atom stereocenters. The van der Waals surface area contributed by atoms with Crippen LogP contribution in [0.3, 0.4) is 0 Å². The molecule has 2 amide bonds. The van der Waals surface area contributed by atoms with Gasteiger partial charge in [0.05, 0.1) is 13.7 Å². The van der Waals surface area contributed by atoms with Crippen LogP contribution >= 0.6 is 0 Å². The number of amides is 2. The summed E-state index contributed by atoms with van der Waals surface area (Å²) < 4.78 is 28.4. The van der Waals surface area contributed by atoms with Gasteiger partial charge in [-0.2, -0.15) is 0 Å². The second-order valence-electron chi connectivity index (χ2n) is 3.73. The second-order valence-corrected chi connectivity index (χ2v) is 3.73. The maximum atomic E-state index is 12.0. The van der Waals surface area contributed by atoms with Crippen LogP contribution in [0.25, 0.3) is 0 Å². The zero-order valence-electron chi connectivity index (χ0n) is 10.6. The number of carbonyl (C=O) groups is 3. The lowest BCUT2D eigenvalue weighted by Crippen LogP contribution is -2.47. The van der Waals surface area contributed by atoms with Gasteiger partial charge in [0.2, 0.25) is 0 Å². The minimum atomic E-state index is -2.71. The van der Waals surface area contributed by atoms with Gasteiger partial charge in [-0.25, -0.2) is 18.4 Å². The Kier molecular flexibility index (Phi) is 7.39. The van der Waals surface area contributed by atoms with Crippen molar-refractivity contribution in [1.82, 2.24) is 10.2 Å². The molecule has 110 valence electrons. The van der Waals surface area contributed by atoms with Crippen LogP contribution in [0.2, 0.25) is 0 Å². The van der Waals surface area contributed by atoms with E-state index in [1.54, 1.807) is 0 Å². The Labute approximate surface area is 108 Å². The maximum absolute atomic E-state index is 12.0. The van der Waals surface area contributed by atoms with Crippen LogP contribution < -0.4 is 5.32 Å². The summed E-state index contributed by atoms with van der Waals surface area (Å²) in [6.07, 6.45) is -3.10. The molecule has 0 fully saturated rings. The van der Waals surface area contributed by atoms with E-state index < -0.39 is 37.0 Å². The number of carboxylic acid groups (broad SMARTS) is 1. The van der Waals surface area contributed by atoms with E-state index in [0.29, 0.717) is 4.90 Å². The van der Waals surface area contributed by atoms with Gasteiger partial charge in [-0.3, -0.25) is 4.79 Å². The van der Waals surface area contributed by atoms with E-state index in [-0.39, 0.29) is 12.8 Å².